The van der Waals surface area contributed by atoms with Crippen LogP contribution in [0.1, 0.15) is 90.4 Å². The van der Waals surface area contributed by atoms with Crippen LogP contribution in [0.4, 0.5) is 0 Å². The molecule has 1 unspecified atom stereocenters. The quantitative estimate of drug-likeness (QED) is 0.281. The summed E-state index contributed by atoms with van der Waals surface area (Å²) in [5.41, 5.74) is 0. The lowest BCUT2D eigenvalue weighted by Crippen LogP contribution is -2.05. The molecule has 1 rings (SSSR count). The molecule has 1 aliphatic carbocycles. The van der Waals surface area contributed by atoms with Gasteiger partial charge in [0.05, 0.1) is 0 Å². The average molecular weight is 335 g/mol. The van der Waals surface area contributed by atoms with Crippen molar-refractivity contribution in [3.8, 4) is 0 Å². The normalized spacial score (nSPS) is 22.0. The van der Waals surface area contributed by atoms with E-state index in [2.05, 4.69) is 31.7 Å². The van der Waals surface area contributed by atoms with Crippen LogP contribution in [0.3, 0.4) is 0 Å². The van der Waals surface area contributed by atoms with Gasteiger partial charge in [-0.25, -0.2) is 0 Å². The third-order valence-electron chi connectivity index (χ3n) is 5.52. The molecule has 0 aromatic rings. The van der Waals surface area contributed by atoms with Crippen LogP contribution >= 0.6 is 0 Å². The molecule has 0 aliphatic heterocycles. The number of aliphatic carboxylic acids is 1. The van der Waals surface area contributed by atoms with Gasteiger partial charge < -0.3 is 5.11 Å². The Morgan fingerprint density at radius 1 is 1.21 bits per heavy atom. The summed E-state index contributed by atoms with van der Waals surface area (Å²) >= 11 is 0. The molecule has 0 heterocycles. The molecule has 1 fully saturated rings. The lowest BCUT2D eigenvalue weighted by molar-refractivity contribution is -0.137. The minimum absolute atomic E-state index is 0.331. The van der Waals surface area contributed by atoms with Gasteiger partial charge in [0.2, 0.25) is 0 Å². The van der Waals surface area contributed by atoms with Crippen molar-refractivity contribution in [3.63, 3.8) is 0 Å². The number of unbranched alkanes of at least 4 members (excludes halogenated alkanes) is 4. The molecule has 138 valence electrons. The Bertz CT molecular complexity index is 372. The second-order valence-electron chi connectivity index (χ2n) is 7.50. The summed E-state index contributed by atoms with van der Waals surface area (Å²) in [5.74, 6) is 1.63. The highest BCUT2D eigenvalue weighted by atomic mass is 16.4. The van der Waals surface area contributed by atoms with Gasteiger partial charge in [-0.15, -0.1) is 6.58 Å². The molecule has 0 aromatic carbocycles. The molecular weight excluding hydrogens is 296 g/mol. The van der Waals surface area contributed by atoms with Gasteiger partial charge in [0.15, 0.2) is 0 Å². The van der Waals surface area contributed by atoms with Crippen molar-refractivity contribution in [2.45, 2.75) is 90.4 Å². The molecule has 0 bridgehead atoms. The van der Waals surface area contributed by atoms with Crippen LogP contribution in [0.5, 0.6) is 0 Å². The van der Waals surface area contributed by atoms with Gasteiger partial charge >= 0.3 is 5.97 Å². The van der Waals surface area contributed by atoms with Crippen LogP contribution in [0.15, 0.2) is 24.8 Å². The topological polar surface area (TPSA) is 37.3 Å². The zero-order valence-corrected chi connectivity index (χ0v) is 15.7. The highest BCUT2D eigenvalue weighted by Gasteiger charge is 2.24. The smallest absolute Gasteiger partial charge is 0.303 e. The summed E-state index contributed by atoms with van der Waals surface area (Å²) in [4.78, 5) is 10.5. The first kappa shape index (κ1) is 21.0. The second-order valence-corrected chi connectivity index (χ2v) is 7.50. The predicted molar refractivity (Wildman–Crippen MR) is 103 cm³/mol. The lowest BCUT2D eigenvalue weighted by Gasteiger charge is -2.16. The summed E-state index contributed by atoms with van der Waals surface area (Å²) in [5, 5.41) is 8.65. The van der Waals surface area contributed by atoms with Crippen LogP contribution < -0.4 is 0 Å². The molecule has 1 N–H and O–H groups in total. The van der Waals surface area contributed by atoms with Gasteiger partial charge in [0, 0.05) is 6.42 Å². The van der Waals surface area contributed by atoms with E-state index in [1.807, 2.05) is 0 Å². The van der Waals surface area contributed by atoms with Gasteiger partial charge in [-0.2, -0.15) is 0 Å². The van der Waals surface area contributed by atoms with Crippen LogP contribution in [0.2, 0.25) is 0 Å². The monoisotopic (exact) mass is 334 g/mol. The molecular formula is C22H38O2. The van der Waals surface area contributed by atoms with Crippen molar-refractivity contribution in [2.24, 2.45) is 17.8 Å². The van der Waals surface area contributed by atoms with Gasteiger partial charge in [0.1, 0.15) is 0 Å². The van der Waals surface area contributed by atoms with Crippen molar-refractivity contribution in [2.75, 3.05) is 0 Å². The first-order chi connectivity index (χ1) is 11.7. The van der Waals surface area contributed by atoms with E-state index in [1.54, 1.807) is 0 Å². The summed E-state index contributed by atoms with van der Waals surface area (Å²) in [6.45, 7) is 6.24. The van der Waals surface area contributed by atoms with Crippen LogP contribution in [0.25, 0.3) is 0 Å². The molecule has 1 saturated carbocycles. The lowest BCUT2D eigenvalue weighted by atomic mass is 9.89. The summed E-state index contributed by atoms with van der Waals surface area (Å²) < 4.78 is 0. The number of rotatable bonds is 14. The molecule has 0 amide bonds. The van der Waals surface area contributed by atoms with Crippen LogP contribution in [-0.2, 0) is 4.79 Å². The fraction of sp³-hybridized carbons (Fsp3) is 0.773. The van der Waals surface area contributed by atoms with E-state index < -0.39 is 5.97 Å². The molecule has 2 nitrogen and oxygen atoms in total. The first-order valence-electron chi connectivity index (χ1n) is 10.2. The van der Waals surface area contributed by atoms with Crippen molar-refractivity contribution in [3.05, 3.63) is 24.8 Å². The Kier molecular flexibility index (Phi) is 11.6. The van der Waals surface area contributed by atoms with E-state index in [-0.39, 0.29) is 0 Å². The maximum atomic E-state index is 10.5. The zero-order valence-electron chi connectivity index (χ0n) is 15.7. The number of carboxylic acids is 1. The summed E-state index contributed by atoms with van der Waals surface area (Å²) in [6, 6.07) is 0. The van der Waals surface area contributed by atoms with E-state index in [0.29, 0.717) is 12.3 Å². The Morgan fingerprint density at radius 2 is 2.00 bits per heavy atom. The van der Waals surface area contributed by atoms with E-state index in [9.17, 15) is 4.79 Å². The van der Waals surface area contributed by atoms with Crippen molar-refractivity contribution in [1.82, 2.24) is 0 Å². The standard InChI is InChI=1S/C22H38O2/c1-3-5-12-19(4-2)13-10-15-21-17-11-16-20(21)14-8-6-7-9-18-22(23)24/h4,10,15,19-21H,2-3,5-9,11-14,16-18H2,1H3,(H,23,24)/t19?,20-,21-/m0/s1. The van der Waals surface area contributed by atoms with Crippen LogP contribution in [-0.4, -0.2) is 11.1 Å². The number of allylic oxidation sites excluding steroid dienone is 3. The maximum Gasteiger partial charge on any atom is 0.303 e. The fourth-order valence-electron chi connectivity index (χ4n) is 3.94. The van der Waals surface area contributed by atoms with Gasteiger partial charge in [-0.3, -0.25) is 4.79 Å². The number of hydrogen-bond donors (Lipinski definition) is 1. The molecule has 0 radical (unpaired) electrons. The highest BCUT2D eigenvalue weighted by Crippen LogP contribution is 2.36. The Hall–Kier alpha value is -1.05. The van der Waals surface area contributed by atoms with Crippen LogP contribution in [0, 0.1) is 17.8 Å². The third-order valence-corrected chi connectivity index (χ3v) is 5.52. The van der Waals surface area contributed by atoms with Crippen molar-refractivity contribution >= 4 is 5.97 Å². The molecule has 3 atom stereocenters. The molecule has 0 saturated heterocycles. The average Bonchev–Trinajstić information content (AvgIpc) is 3.01. The number of carbonyl (C=O) groups is 1. The van der Waals surface area contributed by atoms with Gasteiger partial charge in [-0.05, 0) is 56.3 Å². The molecule has 24 heavy (non-hydrogen) atoms. The van der Waals surface area contributed by atoms with E-state index in [1.165, 1.54) is 57.8 Å². The van der Waals surface area contributed by atoms with Gasteiger partial charge in [0.25, 0.3) is 0 Å². The summed E-state index contributed by atoms with van der Waals surface area (Å²) in [6.07, 6.45) is 22.2. The van der Waals surface area contributed by atoms with Crippen molar-refractivity contribution in [1.29, 1.82) is 0 Å². The Balaban J connectivity index is 2.20. The fourth-order valence-corrected chi connectivity index (χ4v) is 3.94. The second kappa shape index (κ2) is 13.3. The Morgan fingerprint density at radius 3 is 2.71 bits per heavy atom. The molecule has 0 aromatic heterocycles. The van der Waals surface area contributed by atoms with Crippen molar-refractivity contribution < 1.29 is 9.90 Å². The maximum absolute atomic E-state index is 10.5. The molecule has 0 spiro atoms. The predicted octanol–water partition coefficient (Wildman–Crippen LogP) is 6.77. The minimum atomic E-state index is -0.659. The summed E-state index contributed by atoms with van der Waals surface area (Å²) in [7, 11) is 0. The van der Waals surface area contributed by atoms with E-state index in [0.717, 1.165) is 31.1 Å². The largest absolute Gasteiger partial charge is 0.481 e. The Labute approximate surface area is 149 Å². The van der Waals surface area contributed by atoms with E-state index >= 15 is 0 Å². The zero-order chi connectivity index (χ0) is 17.6. The van der Waals surface area contributed by atoms with Gasteiger partial charge in [-0.1, -0.05) is 63.7 Å². The SMILES string of the molecule is C=CC(CC=C[C@H]1CCC[C@@H]1CCCCCCC(=O)O)CCCC. The minimum Gasteiger partial charge on any atom is -0.481 e. The third kappa shape index (κ3) is 9.30. The highest BCUT2D eigenvalue weighted by molar-refractivity contribution is 5.66. The molecule has 2 heteroatoms. The number of hydrogen-bond acceptors (Lipinski definition) is 1. The number of carboxylic acid groups (broad SMARTS) is 1. The first-order valence-corrected chi connectivity index (χ1v) is 10.2. The molecule has 1 aliphatic rings. The van der Waals surface area contributed by atoms with E-state index in [4.69, 9.17) is 5.11 Å².